The highest BCUT2D eigenvalue weighted by atomic mass is 16.2. The van der Waals surface area contributed by atoms with Crippen LogP contribution in [0.5, 0.6) is 0 Å². The van der Waals surface area contributed by atoms with Crippen LogP contribution in [0.2, 0.25) is 0 Å². The van der Waals surface area contributed by atoms with E-state index >= 15 is 0 Å². The molecule has 0 bridgehead atoms. The molecule has 1 aliphatic rings. The number of rotatable bonds is 2. The van der Waals surface area contributed by atoms with E-state index < -0.39 is 0 Å². The normalized spacial score (nSPS) is 14.3. The number of amides is 1. The Labute approximate surface area is 153 Å². The zero-order chi connectivity index (χ0) is 17.9. The highest BCUT2D eigenvalue weighted by molar-refractivity contribution is 5.94. The number of carbonyl (C=O) groups is 1. The average Bonchev–Trinajstić information content (AvgIpc) is 3.12. The average molecular weight is 340 g/mol. The fourth-order valence-electron chi connectivity index (χ4n) is 3.35. The van der Waals surface area contributed by atoms with E-state index in [1.165, 1.54) is 0 Å². The van der Waals surface area contributed by atoms with E-state index in [0.717, 1.165) is 28.9 Å². The molecule has 0 radical (unpaired) electrons. The third-order valence-electron chi connectivity index (χ3n) is 4.83. The second-order valence-electron chi connectivity index (χ2n) is 6.51. The maximum absolute atomic E-state index is 13.0. The van der Waals surface area contributed by atoms with E-state index in [9.17, 15) is 4.79 Å². The molecule has 2 aromatic carbocycles. The van der Waals surface area contributed by atoms with Gasteiger partial charge in [0.15, 0.2) is 0 Å². The van der Waals surface area contributed by atoms with Gasteiger partial charge in [0.05, 0.1) is 6.04 Å². The first-order valence-corrected chi connectivity index (χ1v) is 8.85. The molecule has 3 nitrogen and oxygen atoms in total. The molecule has 1 aliphatic heterocycles. The van der Waals surface area contributed by atoms with Gasteiger partial charge in [-0.3, -0.25) is 4.79 Å². The van der Waals surface area contributed by atoms with Crippen LogP contribution in [0.1, 0.15) is 40.1 Å². The Balaban J connectivity index is 1.58. The molecule has 3 aromatic rings. The first-order valence-electron chi connectivity index (χ1n) is 8.85. The van der Waals surface area contributed by atoms with Gasteiger partial charge in [0.2, 0.25) is 0 Å². The summed E-state index contributed by atoms with van der Waals surface area (Å²) in [6.45, 7) is 3.59. The van der Waals surface area contributed by atoms with Crippen molar-refractivity contribution in [3.63, 3.8) is 0 Å². The van der Waals surface area contributed by atoms with Crippen LogP contribution in [-0.4, -0.2) is 21.9 Å². The van der Waals surface area contributed by atoms with Gasteiger partial charge in [-0.1, -0.05) is 60.4 Å². The summed E-state index contributed by atoms with van der Waals surface area (Å²) >= 11 is 0. The molecule has 0 fully saturated rings. The Kier molecular flexibility index (Phi) is 4.33. The van der Waals surface area contributed by atoms with Gasteiger partial charge in [0.1, 0.15) is 5.69 Å². The Bertz CT molecular complexity index is 977. The first-order chi connectivity index (χ1) is 12.7. The largest absolute Gasteiger partial charge is 0.340 e. The fraction of sp³-hybridized carbons (Fsp3) is 0.174. The van der Waals surface area contributed by atoms with Crippen molar-refractivity contribution < 1.29 is 4.79 Å². The molecule has 0 saturated heterocycles. The molecule has 0 saturated carbocycles. The molecule has 0 aliphatic carbocycles. The molecule has 0 spiro atoms. The number of hydrogen-bond donors (Lipinski definition) is 0. The maximum atomic E-state index is 13.0. The molecule has 1 amide bonds. The highest BCUT2D eigenvalue weighted by Gasteiger charge is 2.29. The lowest BCUT2D eigenvalue weighted by atomic mass is 10.1. The molecular formula is C23H20N2O. The van der Waals surface area contributed by atoms with E-state index in [-0.39, 0.29) is 11.9 Å². The maximum Gasteiger partial charge on any atom is 0.271 e. The van der Waals surface area contributed by atoms with Crippen molar-refractivity contribution in [3.8, 4) is 11.8 Å². The summed E-state index contributed by atoms with van der Waals surface area (Å²) in [5.74, 6) is 6.40. The lowest BCUT2D eigenvalue weighted by Gasteiger charge is -2.33. The zero-order valence-electron chi connectivity index (χ0n) is 14.7. The zero-order valence-corrected chi connectivity index (χ0v) is 14.7. The quantitative estimate of drug-likeness (QED) is 0.645. The van der Waals surface area contributed by atoms with Gasteiger partial charge in [-0.15, -0.1) is 0 Å². The SMILES string of the molecule is CC(c1ccccc1)N1CCn2cc(C#Cc3ccccc3)cc2C1=O. The third-order valence-corrected chi connectivity index (χ3v) is 4.83. The van der Waals surface area contributed by atoms with Gasteiger partial charge < -0.3 is 9.47 Å². The predicted octanol–water partition coefficient (Wildman–Crippen LogP) is 4.10. The Morgan fingerprint density at radius 2 is 1.54 bits per heavy atom. The summed E-state index contributed by atoms with van der Waals surface area (Å²) in [4.78, 5) is 14.9. The van der Waals surface area contributed by atoms with Gasteiger partial charge in [-0.2, -0.15) is 0 Å². The van der Waals surface area contributed by atoms with Gasteiger partial charge in [-0.25, -0.2) is 0 Å². The molecule has 1 aromatic heterocycles. The standard InChI is InChI=1S/C23H20N2O/c1-18(21-10-6-3-7-11-21)25-15-14-24-17-20(16-22(24)23(25)26)13-12-19-8-4-2-5-9-19/h2-11,16-18H,14-15H2,1H3. The molecule has 128 valence electrons. The van der Waals surface area contributed by atoms with Crippen LogP contribution < -0.4 is 0 Å². The summed E-state index contributed by atoms with van der Waals surface area (Å²) < 4.78 is 2.02. The number of fused-ring (bicyclic) bond motifs is 1. The first kappa shape index (κ1) is 16.2. The fourth-order valence-corrected chi connectivity index (χ4v) is 3.35. The smallest absolute Gasteiger partial charge is 0.271 e. The van der Waals surface area contributed by atoms with E-state index in [2.05, 4.69) is 30.9 Å². The minimum Gasteiger partial charge on any atom is -0.340 e. The van der Waals surface area contributed by atoms with Gasteiger partial charge in [-0.05, 0) is 30.7 Å². The topological polar surface area (TPSA) is 25.2 Å². The van der Waals surface area contributed by atoms with Crippen molar-refractivity contribution in [1.82, 2.24) is 9.47 Å². The van der Waals surface area contributed by atoms with E-state index in [1.807, 2.05) is 70.3 Å². The van der Waals surface area contributed by atoms with Gasteiger partial charge >= 0.3 is 0 Å². The summed E-state index contributed by atoms with van der Waals surface area (Å²) in [5, 5.41) is 0. The van der Waals surface area contributed by atoms with Crippen molar-refractivity contribution in [1.29, 1.82) is 0 Å². The van der Waals surface area contributed by atoms with E-state index in [1.54, 1.807) is 0 Å². The van der Waals surface area contributed by atoms with Crippen LogP contribution in [0.15, 0.2) is 72.9 Å². The Hall–Kier alpha value is -3.25. The number of carbonyl (C=O) groups excluding carboxylic acids is 1. The summed E-state index contributed by atoms with van der Waals surface area (Å²) in [6, 6.07) is 22.0. The number of benzene rings is 2. The molecule has 1 unspecified atom stereocenters. The Morgan fingerprint density at radius 1 is 0.885 bits per heavy atom. The summed E-state index contributed by atoms with van der Waals surface area (Å²) in [7, 11) is 0. The highest BCUT2D eigenvalue weighted by Crippen LogP contribution is 2.25. The number of aromatic nitrogens is 1. The second-order valence-corrected chi connectivity index (χ2v) is 6.51. The summed E-state index contributed by atoms with van der Waals surface area (Å²) in [5.41, 5.74) is 3.73. The van der Waals surface area contributed by atoms with Crippen LogP contribution in [0, 0.1) is 11.8 Å². The van der Waals surface area contributed by atoms with Crippen LogP contribution in [0.25, 0.3) is 0 Å². The lowest BCUT2D eigenvalue weighted by Crippen LogP contribution is -2.41. The molecular weight excluding hydrogens is 320 g/mol. The van der Waals surface area contributed by atoms with Crippen molar-refractivity contribution in [2.24, 2.45) is 0 Å². The van der Waals surface area contributed by atoms with E-state index in [0.29, 0.717) is 6.54 Å². The lowest BCUT2D eigenvalue weighted by molar-refractivity contribution is 0.0632. The minimum absolute atomic E-state index is 0.0613. The van der Waals surface area contributed by atoms with Crippen molar-refractivity contribution >= 4 is 5.91 Å². The minimum atomic E-state index is 0.0613. The number of hydrogen-bond acceptors (Lipinski definition) is 1. The molecule has 4 rings (SSSR count). The van der Waals surface area contributed by atoms with E-state index in [4.69, 9.17) is 0 Å². The molecule has 0 N–H and O–H groups in total. The number of nitrogens with zero attached hydrogens (tertiary/aromatic N) is 2. The van der Waals surface area contributed by atoms with Gasteiger partial charge in [0.25, 0.3) is 5.91 Å². The molecule has 3 heteroatoms. The van der Waals surface area contributed by atoms with Crippen LogP contribution in [0.4, 0.5) is 0 Å². The van der Waals surface area contributed by atoms with Crippen molar-refractivity contribution in [2.45, 2.75) is 19.5 Å². The van der Waals surface area contributed by atoms with Gasteiger partial charge in [0, 0.05) is 30.4 Å². The summed E-state index contributed by atoms with van der Waals surface area (Å²) in [6.07, 6.45) is 1.98. The molecule has 1 atom stereocenters. The van der Waals surface area contributed by atoms with Crippen molar-refractivity contribution in [2.75, 3.05) is 6.54 Å². The van der Waals surface area contributed by atoms with Crippen LogP contribution in [-0.2, 0) is 6.54 Å². The van der Waals surface area contributed by atoms with Crippen LogP contribution in [0.3, 0.4) is 0 Å². The third kappa shape index (κ3) is 3.14. The monoisotopic (exact) mass is 340 g/mol. The van der Waals surface area contributed by atoms with Crippen LogP contribution >= 0.6 is 0 Å². The van der Waals surface area contributed by atoms with Crippen molar-refractivity contribution in [3.05, 3.63) is 95.3 Å². The molecule has 2 heterocycles. The molecule has 26 heavy (non-hydrogen) atoms. The predicted molar refractivity (Wildman–Crippen MR) is 103 cm³/mol. The second kappa shape index (κ2) is 6.93. The Morgan fingerprint density at radius 3 is 2.27 bits per heavy atom.